The highest BCUT2D eigenvalue weighted by atomic mass is 35.5. The summed E-state index contributed by atoms with van der Waals surface area (Å²) in [7, 11) is 0. The molecule has 26 heavy (non-hydrogen) atoms. The van der Waals surface area contributed by atoms with Gasteiger partial charge in [0.15, 0.2) is 4.32 Å². The highest BCUT2D eigenvalue weighted by molar-refractivity contribution is 8.27. The molecule has 0 spiro atoms. The number of thioether (sulfide) groups is 1. The molecule has 0 atom stereocenters. The highest BCUT2D eigenvalue weighted by Crippen LogP contribution is 2.37. The molecule has 0 aliphatic carbocycles. The quantitative estimate of drug-likeness (QED) is 0.302. The molecule has 1 aliphatic rings. The van der Waals surface area contributed by atoms with Crippen molar-refractivity contribution in [3.8, 4) is 0 Å². The molecule has 0 radical (unpaired) electrons. The molecule has 1 heterocycles. The van der Waals surface area contributed by atoms with Gasteiger partial charge in [-0.05, 0) is 49.2 Å². The highest BCUT2D eigenvalue weighted by Gasteiger charge is 2.33. The van der Waals surface area contributed by atoms with Crippen molar-refractivity contribution in [3.63, 3.8) is 0 Å². The van der Waals surface area contributed by atoms with Crippen molar-refractivity contribution in [2.24, 2.45) is 0 Å². The van der Waals surface area contributed by atoms with E-state index in [9.17, 15) is 14.9 Å². The third kappa shape index (κ3) is 3.51. The molecule has 1 amide bonds. The maximum atomic E-state index is 12.8. The molecule has 0 N–H and O–H groups in total. The molecular formula is C18H13ClN2O3S2. The van der Waals surface area contributed by atoms with Crippen LogP contribution in [0.2, 0.25) is 5.02 Å². The Morgan fingerprint density at radius 2 is 1.92 bits per heavy atom. The topological polar surface area (TPSA) is 63.5 Å². The molecule has 1 saturated heterocycles. The molecule has 2 aromatic rings. The normalized spacial score (nSPS) is 15.8. The summed E-state index contributed by atoms with van der Waals surface area (Å²) in [4.78, 5) is 25.1. The van der Waals surface area contributed by atoms with E-state index >= 15 is 0 Å². The van der Waals surface area contributed by atoms with Gasteiger partial charge in [-0.2, -0.15) is 0 Å². The van der Waals surface area contributed by atoms with Gasteiger partial charge >= 0.3 is 0 Å². The standard InChI is InChI=1S/C18H13ClN2O3S2/c1-10-3-4-13(7-11(10)2)20-17(22)16(26-18(20)25)9-12-8-14(21(23)24)5-6-15(12)19/h3-9H,1-2H3/b16-9+. The summed E-state index contributed by atoms with van der Waals surface area (Å²) < 4.78 is 0.408. The first-order valence-electron chi connectivity index (χ1n) is 7.57. The number of carbonyl (C=O) groups excluding carboxylic acids is 1. The van der Waals surface area contributed by atoms with Crippen LogP contribution in [-0.2, 0) is 4.79 Å². The van der Waals surface area contributed by atoms with Crippen LogP contribution in [0.5, 0.6) is 0 Å². The summed E-state index contributed by atoms with van der Waals surface area (Å²) in [5, 5.41) is 11.3. The van der Waals surface area contributed by atoms with Crippen LogP contribution in [-0.4, -0.2) is 15.2 Å². The van der Waals surface area contributed by atoms with Gasteiger partial charge in [0.2, 0.25) is 0 Å². The van der Waals surface area contributed by atoms with Crippen molar-refractivity contribution >= 4 is 63.3 Å². The number of hydrogen-bond acceptors (Lipinski definition) is 5. The van der Waals surface area contributed by atoms with Gasteiger partial charge in [0.25, 0.3) is 11.6 Å². The Labute approximate surface area is 164 Å². The van der Waals surface area contributed by atoms with Gasteiger partial charge in [0, 0.05) is 22.7 Å². The summed E-state index contributed by atoms with van der Waals surface area (Å²) in [5.41, 5.74) is 3.19. The fraction of sp³-hybridized carbons (Fsp3) is 0.111. The zero-order valence-corrected chi connectivity index (χ0v) is 16.2. The lowest BCUT2D eigenvalue weighted by atomic mass is 10.1. The van der Waals surface area contributed by atoms with E-state index < -0.39 is 4.92 Å². The first kappa shape index (κ1) is 18.6. The van der Waals surface area contributed by atoms with Gasteiger partial charge in [0.1, 0.15) is 0 Å². The zero-order chi connectivity index (χ0) is 19.0. The van der Waals surface area contributed by atoms with Gasteiger partial charge in [-0.3, -0.25) is 19.8 Å². The molecule has 5 nitrogen and oxygen atoms in total. The SMILES string of the molecule is Cc1ccc(N2C(=O)/C(=C\c3cc([N+](=O)[O-])ccc3Cl)SC2=S)cc1C. The number of non-ortho nitro benzene ring substituents is 1. The molecular weight excluding hydrogens is 392 g/mol. The number of nitro groups is 1. The zero-order valence-electron chi connectivity index (χ0n) is 13.9. The van der Waals surface area contributed by atoms with E-state index in [2.05, 4.69) is 0 Å². The van der Waals surface area contributed by atoms with Crippen molar-refractivity contribution in [3.05, 3.63) is 73.1 Å². The number of nitro benzene ring substituents is 1. The van der Waals surface area contributed by atoms with Crippen LogP contribution in [0.15, 0.2) is 41.3 Å². The Kier molecular flexibility index (Phi) is 5.13. The first-order valence-corrected chi connectivity index (χ1v) is 9.17. The first-order chi connectivity index (χ1) is 12.3. The fourth-order valence-electron chi connectivity index (χ4n) is 2.45. The Morgan fingerprint density at radius 1 is 1.19 bits per heavy atom. The molecule has 0 saturated carbocycles. The molecule has 132 valence electrons. The minimum atomic E-state index is -0.506. The van der Waals surface area contributed by atoms with Gasteiger partial charge in [0.05, 0.1) is 15.5 Å². The number of hydrogen-bond donors (Lipinski definition) is 0. The summed E-state index contributed by atoms with van der Waals surface area (Å²) in [6, 6.07) is 9.78. The lowest BCUT2D eigenvalue weighted by molar-refractivity contribution is -0.384. The Hall–Kier alpha value is -2.22. The Bertz CT molecular complexity index is 988. The molecule has 3 rings (SSSR count). The second-order valence-corrected chi connectivity index (χ2v) is 7.83. The van der Waals surface area contributed by atoms with Crippen LogP contribution in [0.3, 0.4) is 0 Å². The van der Waals surface area contributed by atoms with Gasteiger partial charge in [-0.15, -0.1) is 0 Å². The van der Waals surface area contributed by atoms with Crippen LogP contribution < -0.4 is 4.90 Å². The molecule has 1 fully saturated rings. The van der Waals surface area contributed by atoms with E-state index in [1.807, 2.05) is 32.0 Å². The average Bonchev–Trinajstić information content (AvgIpc) is 2.86. The van der Waals surface area contributed by atoms with Crippen molar-refractivity contribution < 1.29 is 9.72 Å². The van der Waals surface area contributed by atoms with Crippen LogP contribution in [0.25, 0.3) is 6.08 Å². The summed E-state index contributed by atoms with van der Waals surface area (Å²) in [6.07, 6.45) is 1.54. The smallest absolute Gasteiger partial charge is 0.268 e. The molecule has 2 aromatic carbocycles. The molecule has 8 heteroatoms. The number of nitrogens with zero attached hydrogens (tertiary/aromatic N) is 2. The molecule has 0 unspecified atom stereocenters. The van der Waals surface area contributed by atoms with E-state index in [0.717, 1.165) is 22.9 Å². The van der Waals surface area contributed by atoms with Gasteiger partial charge < -0.3 is 0 Å². The van der Waals surface area contributed by atoms with Crippen molar-refractivity contribution in [2.45, 2.75) is 13.8 Å². The van der Waals surface area contributed by atoms with Crippen LogP contribution in [0, 0.1) is 24.0 Å². The lowest BCUT2D eigenvalue weighted by Gasteiger charge is -2.15. The van der Waals surface area contributed by atoms with E-state index in [0.29, 0.717) is 25.5 Å². The third-order valence-electron chi connectivity index (χ3n) is 4.02. The number of carbonyl (C=O) groups is 1. The van der Waals surface area contributed by atoms with E-state index in [1.54, 1.807) is 0 Å². The lowest BCUT2D eigenvalue weighted by Crippen LogP contribution is -2.27. The maximum absolute atomic E-state index is 12.8. The summed E-state index contributed by atoms with van der Waals surface area (Å²) >= 11 is 12.6. The monoisotopic (exact) mass is 404 g/mol. The van der Waals surface area contributed by atoms with Crippen LogP contribution in [0.1, 0.15) is 16.7 Å². The number of benzene rings is 2. The van der Waals surface area contributed by atoms with Crippen molar-refractivity contribution in [1.82, 2.24) is 0 Å². The second kappa shape index (κ2) is 7.19. The number of aryl methyl sites for hydroxylation is 2. The predicted molar refractivity (Wildman–Crippen MR) is 110 cm³/mol. The second-order valence-electron chi connectivity index (χ2n) is 5.75. The fourth-order valence-corrected chi connectivity index (χ4v) is 3.91. The minimum Gasteiger partial charge on any atom is -0.268 e. The number of thiocarbonyl (C=S) groups is 1. The van der Waals surface area contributed by atoms with Crippen LogP contribution in [0.4, 0.5) is 11.4 Å². The largest absolute Gasteiger partial charge is 0.270 e. The van der Waals surface area contributed by atoms with E-state index in [4.69, 9.17) is 23.8 Å². The van der Waals surface area contributed by atoms with Crippen molar-refractivity contribution in [2.75, 3.05) is 4.90 Å². The Balaban J connectivity index is 1.98. The van der Waals surface area contributed by atoms with E-state index in [1.165, 1.54) is 29.2 Å². The number of halogens is 1. The number of rotatable bonds is 3. The molecule has 0 aromatic heterocycles. The minimum absolute atomic E-state index is 0.0923. The summed E-state index contributed by atoms with van der Waals surface area (Å²) in [5.74, 6) is -0.272. The number of amides is 1. The van der Waals surface area contributed by atoms with E-state index in [-0.39, 0.29) is 11.6 Å². The Morgan fingerprint density at radius 3 is 2.58 bits per heavy atom. The summed E-state index contributed by atoms with van der Waals surface area (Å²) in [6.45, 7) is 3.96. The third-order valence-corrected chi connectivity index (χ3v) is 5.67. The van der Waals surface area contributed by atoms with Gasteiger partial charge in [-0.25, -0.2) is 0 Å². The van der Waals surface area contributed by atoms with Crippen molar-refractivity contribution in [1.29, 1.82) is 0 Å². The number of anilines is 1. The van der Waals surface area contributed by atoms with Crippen LogP contribution >= 0.6 is 35.6 Å². The predicted octanol–water partition coefficient (Wildman–Crippen LogP) is 5.27. The average molecular weight is 405 g/mol. The molecule has 1 aliphatic heterocycles. The maximum Gasteiger partial charge on any atom is 0.270 e. The van der Waals surface area contributed by atoms with Gasteiger partial charge in [-0.1, -0.05) is 41.6 Å². The molecule has 0 bridgehead atoms.